The summed E-state index contributed by atoms with van der Waals surface area (Å²) in [6.45, 7) is 0.182. The Balaban J connectivity index is 2.14. The van der Waals surface area contributed by atoms with Crippen molar-refractivity contribution in [3.63, 3.8) is 0 Å². The van der Waals surface area contributed by atoms with E-state index in [1.54, 1.807) is 0 Å². The fraction of sp³-hybridized carbons (Fsp3) is 0.833. The van der Waals surface area contributed by atoms with Gasteiger partial charge in [-0.25, -0.2) is 8.42 Å². The summed E-state index contributed by atoms with van der Waals surface area (Å²) >= 11 is 0. The number of hydrogen-bond acceptors (Lipinski definition) is 5. The standard InChI is InChI=1S/C12H19NO6S/c1-13(9-7-19-6-8(9)12(15)16)11(14)10-4-2-3-5-20(10,17)18/h8-10H,2-7H2,1H3,(H,15,16). The molecule has 2 rings (SSSR count). The second-order valence-corrected chi connectivity index (χ2v) is 7.65. The lowest BCUT2D eigenvalue weighted by atomic mass is 10.0. The molecule has 8 heteroatoms. The molecule has 1 N–H and O–H groups in total. The predicted octanol–water partition coefficient (Wildman–Crippen LogP) is -0.488. The zero-order valence-electron chi connectivity index (χ0n) is 11.3. The highest BCUT2D eigenvalue weighted by molar-refractivity contribution is 7.92. The van der Waals surface area contributed by atoms with Crippen molar-refractivity contribution in [2.24, 2.45) is 5.92 Å². The Morgan fingerprint density at radius 2 is 1.95 bits per heavy atom. The van der Waals surface area contributed by atoms with Crippen LogP contribution in [0.1, 0.15) is 19.3 Å². The number of sulfone groups is 1. The van der Waals surface area contributed by atoms with Crippen LogP contribution in [0.2, 0.25) is 0 Å². The molecule has 0 aliphatic carbocycles. The number of nitrogens with zero attached hydrogens (tertiary/aromatic N) is 1. The molecule has 0 bridgehead atoms. The first-order chi connectivity index (χ1) is 9.34. The third-order valence-electron chi connectivity index (χ3n) is 4.07. The van der Waals surface area contributed by atoms with Gasteiger partial charge in [0.2, 0.25) is 5.91 Å². The van der Waals surface area contributed by atoms with E-state index in [0.29, 0.717) is 19.3 Å². The van der Waals surface area contributed by atoms with Crippen LogP contribution in [-0.4, -0.2) is 67.6 Å². The second-order valence-electron chi connectivity index (χ2n) is 5.35. The lowest BCUT2D eigenvalue weighted by Gasteiger charge is -2.31. The smallest absolute Gasteiger partial charge is 0.311 e. The second kappa shape index (κ2) is 5.69. The predicted molar refractivity (Wildman–Crippen MR) is 69.9 cm³/mol. The summed E-state index contributed by atoms with van der Waals surface area (Å²) in [5, 5.41) is 8.06. The van der Waals surface area contributed by atoms with Crippen LogP contribution >= 0.6 is 0 Å². The molecule has 0 spiro atoms. The van der Waals surface area contributed by atoms with Gasteiger partial charge >= 0.3 is 5.97 Å². The molecule has 2 saturated heterocycles. The number of likely N-dealkylation sites (N-methyl/N-ethyl adjacent to an activating group) is 1. The molecule has 2 heterocycles. The highest BCUT2D eigenvalue weighted by Crippen LogP contribution is 2.25. The van der Waals surface area contributed by atoms with E-state index in [1.165, 1.54) is 11.9 Å². The molecule has 0 aromatic heterocycles. The summed E-state index contributed by atoms with van der Waals surface area (Å²) in [6, 6.07) is -0.600. The average Bonchev–Trinajstić information content (AvgIpc) is 2.85. The minimum atomic E-state index is -3.41. The first-order valence-corrected chi connectivity index (χ1v) is 8.35. The van der Waals surface area contributed by atoms with E-state index in [1.807, 2.05) is 0 Å². The van der Waals surface area contributed by atoms with Crippen LogP contribution in [-0.2, 0) is 24.2 Å². The van der Waals surface area contributed by atoms with Gasteiger partial charge in [0.15, 0.2) is 9.84 Å². The minimum Gasteiger partial charge on any atom is -0.481 e. The molecule has 1 amide bonds. The Kier molecular flexibility index (Phi) is 4.33. The van der Waals surface area contributed by atoms with Crippen LogP contribution in [0, 0.1) is 5.92 Å². The summed E-state index contributed by atoms with van der Waals surface area (Å²) in [5.41, 5.74) is 0. The molecule has 0 aromatic rings. The van der Waals surface area contributed by atoms with Crippen molar-refractivity contribution in [2.75, 3.05) is 26.0 Å². The lowest BCUT2D eigenvalue weighted by Crippen LogP contribution is -2.50. The third kappa shape index (κ3) is 2.80. The van der Waals surface area contributed by atoms with Crippen LogP contribution in [0.4, 0.5) is 0 Å². The molecule has 2 aliphatic heterocycles. The fourth-order valence-corrected chi connectivity index (χ4v) is 4.67. The Labute approximate surface area is 117 Å². The normalized spacial score (nSPS) is 32.8. The number of hydrogen-bond donors (Lipinski definition) is 1. The highest BCUT2D eigenvalue weighted by Gasteiger charge is 2.43. The van der Waals surface area contributed by atoms with E-state index in [9.17, 15) is 18.0 Å². The van der Waals surface area contributed by atoms with Gasteiger partial charge in [0.25, 0.3) is 0 Å². The topological polar surface area (TPSA) is 101 Å². The maximum Gasteiger partial charge on any atom is 0.311 e. The summed E-state index contributed by atoms with van der Waals surface area (Å²) < 4.78 is 29.0. The first-order valence-electron chi connectivity index (χ1n) is 6.63. The number of carbonyl (C=O) groups is 2. The molecule has 20 heavy (non-hydrogen) atoms. The van der Waals surface area contributed by atoms with Crippen molar-refractivity contribution in [1.82, 2.24) is 4.90 Å². The lowest BCUT2D eigenvalue weighted by molar-refractivity contribution is -0.144. The molecule has 2 fully saturated rings. The van der Waals surface area contributed by atoms with Crippen molar-refractivity contribution in [1.29, 1.82) is 0 Å². The van der Waals surface area contributed by atoms with Crippen molar-refractivity contribution in [3.8, 4) is 0 Å². The number of carboxylic acid groups (broad SMARTS) is 1. The van der Waals surface area contributed by atoms with Crippen LogP contribution < -0.4 is 0 Å². The van der Waals surface area contributed by atoms with Gasteiger partial charge < -0.3 is 14.7 Å². The highest BCUT2D eigenvalue weighted by atomic mass is 32.2. The summed E-state index contributed by atoms with van der Waals surface area (Å²) in [5.74, 6) is -2.30. The third-order valence-corrected chi connectivity index (χ3v) is 6.23. The van der Waals surface area contributed by atoms with Crippen molar-refractivity contribution in [3.05, 3.63) is 0 Å². The number of aliphatic carboxylic acids is 1. The zero-order valence-corrected chi connectivity index (χ0v) is 12.1. The van der Waals surface area contributed by atoms with E-state index < -0.39 is 38.9 Å². The summed E-state index contributed by atoms with van der Waals surface area (Å²) in [6.07, 6.45) is 1.60. The molecule has 2 aliphatic rings. The van der Waals surface area contributed by atoms with Gasteiger partial charge in [-0.05, 0) is 12.8 Å². The molecular formula is C12H19NO6S. The van der Waals surface area contributed by atoms with Crippen molar-refractivity contribution < 1.29 is 27.9 Å². The SMILES string of the molecule is CN(C(=O)C1CCCCS1(=O)=O)C1COCC1C(=O)O. The van der Waals surface area contributed by atoms with Gasteiger partial charge in [-0.15, -0.1) is 0 Å². The van der Waals surface area contributed by atoms with Gasteiger partial charge in [-0.1, -0.05) is 6.42 Å². The number of rotatable bonds is 3. The van der Waals surface area contributed by atoms with Crippen molar-refractivity contribution in [2.45, 2.75) is 30.6 Å². The molecule has 114 valence electrons. The number of carboxylic acids is 1. The molecule has 0 radical (unpaired) electrons. The zero-order chi connectivity index (χ0) is 14.9. The van der Waals surface area contributed by atoms with Gasteiger partial charge in [0.05, 0.1) is 25.0 Å². The van der Waals surface area contributed by atoms with E-state index in [2.05, 4.69) is 0 Å². The van der Waals surface area contributed by atoms with Gasteiger partial charge in [-0.3, -0.25) is 9.59 Å². The molecular weight excluding hydrogens is 286 g/mol. The Morgan fingerprint density at radius 1 is 1.25 bits per heavy atom. The molecule has 3 atom stereocenters. The Morgan fingerprint density at radius 3 is 2.55 bits per heavy atom. The summed E-state index contributed by atoms with van der Waals surface area (Å²) in [4.78, 5) is 24.7. The van der Waals surface area contributed by atoms with E-state index >= 15 is 0 Å². The van der Waals surface area contributed by atoms with Crippen LogP contribution in [0.3, 0.4) is 0 Å². The monoisotopic (exact) mass is 305 g/mol. The van der Waals surface area contributed by atoms with Gasteiger partial charge in [0.1, 0.15) is 11.2 Å². The van der Waals surface area contributed by atoms with Crippen LogP contribution in [0.5, 0.6) is 0 Å². The van der Waals surface area contributed by atoms with Gasteiger partial charge in [-0.2, -0.15) is 0 Å². The first kappa shape index (κ1) is 15.2. The molecule has 7 nitrogen and oxygen atoms in total. The van der Waals surface area contributed by atoms with E-state index in [0.717, 1.165) is 0 Å². The maximum absolute atomic E-state index is 12.4. The fourth-order valence-electron chi connectivity index (χ4n) is 2.78. The molecule has 0 aromatic carbocycles. The maximum atomic E-state index is 12.4. The van der Waals surface area contributed by atoms with Gasteiger partial charge in [0, 0.05) is 7.05 Å². The molecule has 0 saturated carbocycles. The van der Waals surface area contributed by atoms with E-state index in [-0.39, 0.29) is 19.0 Å². The van der Waals surface area contributed by atoms with Crippen LogP contribution in [0.15, 0.2) is 0 Å². The number of amides is 1. The van der Waals surface area contributed by atoms with Crippen LogP contribution in [0.25, 0.3) is 0 Å². The number of ether oxygens (including phenoxy) is 1. The molecule has 3 unspecified atom stereocenters. The quantitative estimate of drug-likeness (QED) is 0.755. The Hall–Kier alpha value is -1.15. The number of carbonyl (C=O) groups excluding carboxylic acids is 1. The van der Waals surface area contributed by atoms with Crippen molar-refractivity contribution >= 4 is 21.7 Å². The minimum absolute atomic E-state index is 0.0285. The summed E-state index contributed by atoms with van der Waals surface area (Å²) in [7, 11) is -1.95. The van der Waals surface area contributed by atoms with E-state index in [4.69, 9.17) is 9.84 Å². The average molecular weight is 305 g/mol. The Bertz CT molecular complexity index is 502. The largest absolute Gasteiger partial charge is 0.481 e.